The Bertz CT molecular complexity index is 1110. The Balaban J connectivity index is 2.07. The molecule has 0 saturated heterocycles. The monoisotopic (exact) mass is 392 g/mol. The van der Waals surface area contributed by atoms with E-state index in [-0.39, 0.29) is 11.5 Å². The van der Waals surface area contributed by atoms with Gasteiger partial charge in [-0.15, -0.1) is 11.3 Å². The molecular formula is C20H17BN2O4S. The van der Waals surface area contributed by atoms with Crippen LogP contribution in [0.15, 0.2) is 66.0 Å². The SMILES string of the molecule is O=[N+]([O-])CC(c1cccs1)c1c(-c2ccccc2)[nH]c2cccc(B(O)O)c12. The van der Waals surface area contributed by atoms with Gasteiger partial charge in [0, 0.05) is 26.3 Å². The van der Waals surface area contributed by atoms with Gasteiger partial charge < -0.3 is 15.0 Å². The van der Waals surface area contributed by atoms with Crippen molar-refractivity contribution in [2.45, 2.75) is 5.92 Å². The molecule has 0 aliphatic carbocycles. The Kier molecular flexibility index (Phi) is 5.00. The molecule has 0 fully saturated rings. The maximum absolute atomic E-state index is 11.5. The number of fused-ring (bicyclic) bond motifs is 1. The van der Waals surface area contributed by atoms with Crippen molar-refractivity contribution in [2.75, 3.05) is 6.54 Å². The minimum Gasteiger partial charge on any atom is -0.423 e. The second kappa shape index (κ2) is 7.59. The molecule has 0 amide bonds. The summed E-state index contributed by atoms with van der Waals surface area (Å²) in [5, 5.41) is 33.9. The van der Waals surface area contributed by atoms with E-state index in [0.717, 1.165) is 16.1 Å². The largest absolute Gasteiger partial charge is 0.489 e. The summed E-state index contributed by atoms with van der Waals surface area (Å²) in [6, 6.07) is 18.5. The Morgan fingerprint density at radius 3 is 2.50 bits per heavy atom. The van der Waals surface area contributed by atoms with Gasteiger partial charge in [-0.05, 0) is 28.5 Å². The highest BCUT2D eigenvalue weighted by Gasteiger charge is 2.31. The van der Waals surface area contributed by atoms with Crippen LogP contribution < -0.4 is 5.46 Å². The van der Waals surface area contributed by atoms with Gasteiger partial charge in [0.1, 0.15) is 0 Å². The normalized spacial score (nSPS) is 12.2. The van der Waals surface area contributed by atoms with Crippen LogP contribution in [-0.2, 0) is 0 Å². The summed E-state index contributed by atoms with van der Waals surface area (Å²) in [5.74, 6) is -0.515. The van der Waals surface area contributed by atoms with Crippen molar-refractivity contribution < 1.29 is 15.0 Å². The Morgan fingerprint density at radius 2 is 1.86 bits per heavy atom. The molecule has 2 aromatic heterocycles. The van der Waals surface area contributed by atoms with Crippen molar-refractivity contribution in [1.82, 2.24) is 4.98 Å². The molecule has 0 radical (unpaired) electrons. The van der Waals surface area contributed by atoms with Gasteiger partial charge in [0.15, 0.2) is 0 Å². The number of nitro groups is 1. The molecule has 0 bridgehead atoms. The van der Waals surface area contributed by atoms with Crippen LogP contribution >= 0.6 is 11.3 Å². The van der Waals surface area contributed by atoms with Gasteiger partial charge in [-0.1, -0.05) is 48.5 Å². The molecule has 6 nitrogen and oxygen atoms in total. The second-order valence-electron chi connectivity index (χ2n) is 6.51. The highest BCUT2D eigenvalue weighted by molar-refractivity contribution is 7.10. The Hall–Kier alpha value is -2.94. The first kappa shape index (κ1) is 18.4. The predicted octanol–water partition coefficient (Wildman–Crippen LogP) is 2.98. The Labute approximate surface area is 165 Å². The molecule has 0 saturated carbocycles. The average Bonchev–Trinajstić information content (AvgIpc) is 3.34. The molecule has 4 rings (SSSR count). The number of hydrogen-bond donors (Lipinski definition) is 3. The lowest BCUT2D eigenvalue weighted by molar-refractivity contribution is -0.481. The predicted molar refractivity (Wildman–Crippen MR) is 112 cm³/mol. The van der Waals surface area contributed by atoms with E-state index in [1.807, 2.05) is 53.9 Å². The average molecular weight is 392 g/mol. The van der Waals surface area contributed by atoms with Gasteiger partial charge in [0.2, 0.25) is 6.54 Å². The lowest BCUT2D eigenvalue weighted by Gasteiger charge is -2.15. The zero-order valence-corrected chi connectivity index (χ0v) is 15.6. The first-order valence-electron chi connectivity index (χ1n) is 8.77. The number of aromatic amines is 1. The van der Waals surface area contributed by atoms with Crippen molar-refractivity contribution in [1.29, 1.82) is 0 Å². The van der Waals surface area contributed by atoms with Crippen molar-refractivity contribution in [3.05, 3.63) is 86.6 Å². The van der Waals surface area contributed by atoms with E-state index in [0.29, 0.717) is 21.9 Å². The molecule has 140 valence electrons. The van der Waals surface area contributed by atoms with Crippen LogP contribution in [0.2, 0.25) is 0 Å². The molecule has 3 N–H and O–H groups in total. The van der Waals surface area contributed by atoms with E-state index in [1.165, 1.54) is 11.3 Å². The molecule has 2 heterocycles. The summed E-state index contributed by atoms with van der Waals surface area (Å²) in [6.07, 6.45) is 0. The van der Waals surface area contributed by atoms with Crippen LogP contribution in [0.4, 0.5) is 0 Å². The maximum atomic E-state index is 11.5. The standard InChI is InChI=1S/C20H17BN2O4S/c24-21(25)15-8-4-9-16-19(15)18(20(22-16)13-6-2-1-3-7-13)14(12-23(26)27)17-10-5-11-28-17/h1-11,14,22,24-25H,12H2. The van der Waals surface area contributed by atoms with Gasteiger partial charge in [0.05, 0.1) is 11.6 Å². The lowest BCUT2D eigenvalue weighted by atomic mass is 9.75. The van der Waals surface area contributed by atoms with Crippen LogP contribution in [0.25, 0.3) is 22.2 Å². The fourth-order valence-electron chi connectivity index (χ4n) is 3.66. The van der Waals surface area contributed by atoms with E-state index < -0.39 is 13.0 Å². The van der Waals surface area contributed by atoms with Crippen LogP contribution in [0, 0.1) is 10.1 Å². The number of rotatable bonds is 6. The van der Waals surface area contributed by atoms with Crippen LogP contribution in [0.1, 0.15) is 16.4 Å². The quantitative estimate of drug-likeness (QED) is 0.267. The topological polar surface area (TPSA) is 99.4 Å². The third kappa shape index (κ3) is 3.33. The van der Waals surface area contributed by atoms with Crippen molar-refractivity contribution >= 4 is 34.8 Å². The zero-order chi connectivity index (χ0) is 19.7. The third-order valence-corrected chi connectivity index (χ3v) is 5.79. The molecular weight excluding hydrogens is 375 g/mol. The fourth-order valence-corrected chi connectivity index (χ4v) is 4.49. The van der Waals surface area contributed by atoms with E-state index in [4.69, 9.17) is 0 Å². The fraction of sp³-hybridized carbons (Fsp3) is 0.100. The molecule has 0 aliphatic rings. The zero-order valence-electron chi connectivity index (χ0n) is 14.8. The molecule has 4 aromatic rings. The van der Waals surface area contributed by atoms with Crippen molar-refractivity contribution in [2.24, 2.45) is 0 Å². The number of hydrogen-bond acceptors (Lipinski definition) is 5. The third-order valence-electron chi connectivity index (χ3n) is 4.80. The number of H-pyrrole nitrogens is 1. The molecule has 28 heavy (non-hydrogen) atoms. The number of thiophene rings is 1. The van der Waals surface area contributed by atoms with Gasteiger partial charge >= 0.3 is 7.12 Å². The van der Waals surface area contributed by atoms with E-state index in [2.05, 4.69) is 4.98 Å². The molecule has 1 unspecified atom stereocenters. The smallest absolute Gasteiger partial charge is 0.423 e. The number of benzene rings is 2. The molecule has 1 atom stereocenters. The summed E-state index contributed by atoms with van der Waals surface area (Å²) >= 11 is 1.45. The number of nitrogens with one attached hydrogen (secondary N) is 1. The highest BCUT2D eigenvalue weighted by atomic mass is 32.1. The minimum absolute atomic E-state index is 0.289. The summed E-state index contributed by atoms with van der Waals surface area (Å²) in [6.45, 7) is -0.289. The van der Waals surface area contributed by atoms with Crippen molar-refractivity contribution in [3.63, 3.8) is 0 Å². The second-order valence-corrected chi connectivity index (χ2v) is 7.49. The van der Waals surface area contributed by atoms with Gasteiger partial charge in [0.25, 0.3) is 0 Å². The van der Waals surface area contributed by atoms with E-state index in [1.54, 1.807) is 12.1 Å². The van der Waals surface area contributed by atoms with Crippen molar-refractivity contribution in [3.8, 4) is 11.3 Å². The summed E-state index contributed by atoms with van der Waals surface area (Å²) < 4.78 is 0. The minimum atomic E-state index is -1.68. The lowest BCUT2D eigenvalue weighted by Crippen LogP contribution is -2.31. The number of aromatic nitrogens is 1. The van der Waals surface area contributed by atoms with Gasteiger partial charge in [-0.25, -0.2) is 0 Å². The van der Waals surface area contributed by atoms with Gasteiger partial charge in [-0.2, -0.15) is 0 Å². The Morgan fingerprint density at radius 1 is 1.07 bits per heavy atom. The van der Waals surface area contributed by atoms with E-state index in [9.17, 15) is 20.2 Å². The molecule has 2 aromatic carbocycles. The molecule has 0 spiro atoms. The van der Waals surface area contributed by atoms with E-state index >= 15 is 0 Å². The first-order chi connectivity index (χ1) is 13.6. The van der Waals surface area contributed by atoms with Gasteiger partial charge in [-0.3, -0.25) is 10.1 Å². The van der Waals surface area contributed by atoms with Crippen LogP contribution in [0.5, 0.6) is 0 Å². The van der Waals surface area contributed by atoms with Crippen LogP contribution in [-0.4, -0.2) is 33.6 Å². The summed E-state index contributed by atoms with van der Waals surface area (Å²) in [5.41, 5.74) is 3.39. The van der Waals surface area contributed by atoms with Crippen LogP contribution in [0.3, 0.4) is 0 Å². The number of nitrogens with zero attached hydrogens (tertiary/aromatic N) is 1. The summed E-state index contributed by atoms with van der Waals surface area (Å²) in [7, 11) is -1.68. The highest BCUT2D eigenvalue weighted by Crippen LogP contribution is 2.39. The first-order valence-corrected chi connectivity index (χ1v) is 9.65. The molecule has 0 aliphatic heterocycles. The maximum Gasteiger partial charge on any atom is 0.489 e. The molecule has 8 heteroatoms. The summed E-state index contributed by atoms with van der Waals surface area (Å²) in [4.78, 5) is 15.4.